The highest BCUT2D eigenvalue weighted by Crippen LogP contribution is 2.41. The second-order valence-electron chi connectivity index (χ2n) is 4.76. The predicted molar refractivity (Wildman–Crippen MR) is 78.6 cm³/mol. The van der Waals surface area contributed by atoms with Crippen molar-refractivity contribution < 1.29 is 34.1 Å². The molecule has 0 bridgehead atoms. The van der Waals surface area contributed by atoms with Gasteiger partial charge >= 0.3 is 17.8 Å². The van der Waals surface area contributed by atoms with E-state index in [1.165, 1.54) is 6.92 Å². The Kier molecular flexibility index (Phi) is 4.96. The van der Waals surface area contributed by atoms with Gasteiger partial charge in [0.25, 0.3) is 0 Å². The minimum absolute atomic E-state index is 0.0479. The first-order valence-corrected chi connectivity index (χ1v) is 7.42. The molecule has 1 aromatic rings. The fraction of sp³-hybridized carbons (Fsp3) is 0.385. The van der Waals surface area contributed by atoms with Crippen LogP contribution in [0.25, 0.3) is 0 Å². The van der Waals surface area contributed by atoms with Crippen molar-refractivity contribution in [2.75, 3.05) is 18.5 Å². The minimum Gasteiger partial charge on any atom is -0.478 e. The van der Waals surface area contributed by atoms with Crippen molar-refractivity contribution >= 4 is 40.1 Å². The molecule has 2 rings (SSSR count). The third kappa shape index (κ3) is 3.66. The zero-order valence-corrected chi connectivity index (χ0v) is 12.9. The monoisotopic (exact) mass is 342 g/mol. The van der Waals surface area contributed by atoms with Crippen molar-refractivity contribution in [2.45, 2.75) is 19.4 Å². The zero-order chi connectivity index (χ0) is 17.1. The van der Waals surface area contributed by atoms with Crippen molar-refractivity contribution in [3.05, 3.63) is 16.0 Å². The van der Waals surface area contributed by atoms with Gasteiger partial charge in [-0.3, -0.25) is 9.59 Å². The van der Waals surface area contributed by atoms with Gasteiger partial charge in [-0.15, -0.1) is 11.3 Å². The number of amides is 2. The lowest BCUT2D eigenvalue weighted by atomic mass is 10.0. The molecule has 0 spiro atoms. The summed E-state index contributed by atoms with van der Waals surface area (Å²) in [6.45, 7) is 1.77. The number of carboxylic acid groups (broad SMARTS) is 2. The normalized spacial score (nSPS) is 16.3. The van der Waals surface area contributed by atoms with E-state index in [-0.39, 0.29) is 29.6 Å². The highest BCUT2D eigenvalue weighted by molar-refractivity contribution is 7.17. The Balaban J connectivity index is 2.38. The average molecular weight is 342 g/mol. The topological polar surface area (TPSA) is 142 Å². The van der Waals surface area contributed by atoms with Gasteiger partial charge in [-0.25, -0.2) is 9.59 Å². The summed E-state index contributed by atoms with van der Waals surface area (Å²) < 4.78 is 5.53. The second-order valence-corrected chi connectivity index (χ2v) is 5.81. The number of aromatic carboxylic acids is 1. The molecule has 4 N–H and O–H groups in total. The van der Waals surface area contributed by atoms with Gasteiger partial charge < -0.3 is 25.6 Å². The smallest absolute Gasteiger partial charge is 0.394 e. The molecular weight excluding hydrogens is 328 g/mol. The third-order valence-electron chi connectivity index (χ3n) is 3.17. The van der Waals surface area contributed by atoms with Gasteiger partial charge in [-0.05, 0) is 12.0 Å². The van der Waals surface area contributed by atoms with E-state index in [0.717, 1.165) is 11.3 Å². The minimum atomic E-state index is -1.71. The Morgan fingerprint density at radius 1 is 1.30 bits per heavy atom. The summed E-state index contributed by atoms with van der Waals surface area (Å²) in [5.74, 6) is -4.54. The van der Waals surface area contributed by atoms with Gasteiger partial charge in [-0.1, -0.05) is 0 Å². The summed E-state index contributed by atoms with van der Waals surface area (Å²) in [5.41, 5.74) is 0.362. The largest absolute Gasteiger partial charge is 0.478 e. The Morgan fingerprint density at radius 3 is 2.57 bits per heavy atom. The SMILES string of the molecule is CC(=O)NCC1OCCc2c1sc(NC(=O)C(=O)O)c2C(=O)O. The molecule has 9 nitrogen and oxygen atoms in total. The third-order valence-corrected chi connectivity index (χ3v) is 4.41. The number of ether oxygens (including phenoxy) is 1. The summed E-state index contributed by atoms with van der Waals surface area (Å²) in [7, 11) is 0. The lowest BCUT2D eigenvalue weighted by Crippen LogP contribution is -2.29. The number of fused-ring (bicyclic) bond motifs is 1. The molecule has 2 amide bonds. The van der Waals surface area contributed by atoms with E-state index in [1.54, 1.807) is 0 Å². The van der Waals surface area contributed by atoms with Crippen molar-refractivity contribution in [3.8, 4) is 0 Å². The number of thiophene rings is 1. The molecule has 1 unspecified atom stereocenters. The molecule has 23 heavy (non-hydrogen) atoms. The van der Waals surface area contributed by atoms with Gasteiger partial charge in [0, 0.05) is 18.3 Å². The van der Waals surface area contributed by atoms with E-state index in [1.807, 2.05) is 0 Å². The summed E-state index contributed by atoms with van der Waals surface area (Å²) in [6.07, 6.45) is -0.214. The summed E-state index contributed by atoms with van der Waals surface area (Å²) in [4.78, 5) is 45.0. The molecule has 0 fully saturated rings. The van der Waals surface area contributed by atoms with E-state index in [0.29, 0.717) is 16.9 Å². The standard InChI is InChI=1S/C13H14N2O7S/c1-5(16)14-4-7-9-6(2-3-22-7)8(12(18)19)11(23-9)15-10(17)13(20)21/h7H,2-4H2,1H3,(H,14,16)(H,15,17)(H,18,19)(H,20,21). The summed E-state index contributed by atoms with van der Waals surface area (Å²) in [5, 5.41) is 22.6. The molecule has 10 heteroatoms. The molecule has 0 saturated heterocycles. The molecule has 1 atom stereocenters. The molecule has 0 aliphatic carbocycles. The number of rotatable bonds is 4. The van der Waals surface area contributed by atoms with E-state index in [2.05, 4.69) is 10.6 Å². The number of carbonyl (C=O) groups is 4. The van der Waals surface area contributed by atoms with Gasteiger partial charge in [0.05, 0.1) is 12.2 Å². The first-order valence-electron chi connectivity index (χ1n) is 6.60. The van der Waals surface area contributed by atoms with E-state index in [9.17, 15) is 24.3 Å². The van der Waals surface area contributed by atoms with E-state index >= 15 is 0 Å². The number of carboxylic acids is 2. The van der Waals surface area contributed by atoms with Crippen LogP contribution in [-0.4, -0.2) is 47.1 Å². The number of anilines is 1. The molecule has 124 valence electrons. The summed E-state index contributed by atoms with van der Waals surface area (Å²) >= 11 is 0.943. The number of carbonyl (C=O) groups excluding carboxylic acids is 2. The lowest BCUT2D eigenvalue weighted by Gasteiger charge is -2.23. The fourth-order valence-electron chi connectivity index (χ4n) is 2.23. The number of aliphatic carboxylic acids is 1. The second kappa shape index (κ2) is 6.75. The molecule has 0 aromatic carbocycles. The Hall–Kier alpha value is -2.46. The average Bonchev–Trinajstić information content (AvgIpc) is 2.83. The van der Waals surface area contributed by atoms with Crippen LogP contribution in [-0.2, 0) is 25.5 Å². The van der Waals surface area contributed by atoms with Crippen LogP contribution >= 0.6 is 11.3 Å². The van der Waals surface area contributed by atoms with E-state index in [4.69, 9.17) is 9.84 Å². The van der Waals surface area contributed by atoms with Crippen molar-refractivity contribution in [2.24, 2.45) is 0 Å². The van der Waals surface area contributed by atoms with Crippen LogP contribution in [0.3, 0.4) is 0 Å². The summed E-state index contributed by atoms with van der Waals surface area (Å²) in [6, 6.07) is 0. The lowest BCUT2D eigenvalue weighted by molar-refractivity contribution is -0.147. The van der Waals surface area contributed by atoms with Crippen LogP contribution in [0.2, 0.25) is 0 Å². The highest BCUT2D eigenvalue weighted by Gasteiger charge is 2.32. The number of hydrogen-bond acceptors (Lipinski definition) is 6. The molecule has 0 saturated carbocycles. The van der Waals surface area contributed by atoms with Gasteiger partial charge in [0.15, 0.2) is 0 Å². The van der Waals surface area contributed by atoms with E-state index < -0.39 is 23.9 Å². The van der Waals surface area contributed by atoms with Gasteiger partial charge in [0.2, 0.25) is 5.91 Å². The Bertz CT molecular complexity index is 682. The Labute approximate surface area is 134 Å². The maximum atomic E-state index is 11.5. The molecule has 1 aliphatic heterocycles. The molecule has 1 aromatic heterocycles. The predicted octanol–water partition coefficient (Wildman–Crippen LogP) is 0.219. The highest BCUT2D eigenvalue weighted by atomic mass is 32.1. The molecule has 1 aliphatic rings. The van der Waals surface area contributed by atoms with Gasteiger partial charge in [0.1, 0.15) is 11.1 Å². The van der Waals surface area contributed by atoms with Crippen LogP contribution in [0.5, 0.6) is 0 Å². The van der Waals surface area contributed by atoms with Crippen LogP contribution in [0.1, 0.15) is 33.8 Å². The van der Waals surface area contributed by atoms with Crippen LogP contribution < -0.4 is 10.6 Å². The molecule has 0 radical (unpaired) electrons. The zero-order valence-electron chi connectivity index (χ0n) is 12.0. The van der Waals surface area contributed by atoms with Crippen molar-refractivity contribution in [1.82, 2.24) is 5.32 Å². The fourth-order valence-corrected chi connectivity index (χ4v) is 3.52. The number of nitrogens with one attached hydrogen (secondary N) is 2. The number of hydrogen-bond donors (Lipinski definition) is 4. The van der Waals surface area contributed by atoms with Crippen LogP contribution in [0.4, 0.5) is 5.00 Å². The Morgan fingerprint density at radius 2 is 2.00 bits per heavy atom. The van der Waals surface area contributed by atoms with Crippen molar-refractivity contribution in [1.29, 1.82) is 0 Å². The first kappa shape index (κ1) is 16.9. The maximum Gasteiger partial charge on any atom is 0.394 e. The molecule has 2 heterocycles. The van der Waals surface area contributed by atoms with Crippen molar-refractivity contribution in [3.63, 3.8) is 0 Å². The van der Waals surface area contributed by atoms with Gasteiger partial charge in [-0.2, -0.15) is 0 Å². The first-order chi connectivity index (χ1) is 10.8. The quantitative estimate of drug-likeness (QED) is 0.573. The molecular formula is C13H14N2O7S. The van der Waals surface area contributed by atoms with Crippen LogP contribution in [0, 0.1) is 0 Å². The maximum absolute atomic E-state index is 11.5. The van der Waals surface area contributed by atoms with Crippen LogP contribution in [0.15, 0.2) is 0 Å².